The summed E-state index contributed by atoms with van der Waals surface area (Å²) < 4.78 is 13.7. The van der Waals surface area contributed by atoms with Crippen molar-refractivity contribution in [2.75, 3.05) is 0 Å². The molecule has 4 rings (SSSR count). The molecule has 0 bridgehead atoms. The molecule has 0 unspecified atom stereocenters. The fourth-order valence-electron chi connectivity index (χ4n) is 3.50. The van der Waals surface area contributed by atoms with Gasteiger partial charge in [0.2, 0.25) is 0 Å². The molecule has 0 saturated heterocycles. The third kappa shape index (κ3) is 4.02. The summed E-state index contributed by atoms with van der Waals surface area (Å²) in [6.45, 7) is 2.04. The fourth-order valence-corrected chi connectivity index (χ4v) is 3.50. The first-order valence-corrected chi connectivity index (χ1v) is 9.67. The van der Waals surface area contributed by atoms with Crippen LogP contribution in [0.5, 0.6) is 0 Å². The normalized spacial score (nSPS) is 11.9. The lowest BCUT2D eigenvalue weighted by molar-refractivity contribution is 0.0937. The summed E-state index contributed by atoms with van der Waals surface area (Å²) in [4.78, 5) is 17.9. The van der Waals surface area contributed by atoms with Gasteiger partial charge < -0.3 is 5.32 Å². The van der Waals surface area contributed by atoms with E-state index in [0.717, 1.165) is 17.4 Å². The molecule has 3 aromatic carbocycles. The lowest BCUT2D eigenvalue weighted by Gasteiger charge is -2.18. The molecule has 1 heterocycles. The van der Waals surface area contributed by atoms with E-state index in [0.29, 0.717) is 22.3 Å². The Morgan fingerprint density at radius 3 is 2.48 bits per heavy atom. The number of pyridine rings is 1. The average Bonchev–Trinajstić information content (AvgIpc) is 2.77. The summed E-state index contributed by atoms with van der Waals surface area (Å²) in [5.74, 6) is -0.504. The van der Waals surface area contributed by atoms with Gasteiger partial charge in [-0.2, -0.15) is 0 Å². The largest absolute Gasteiger partial charge is 0.345 e. The van der Waals surface area contributed by atoms with Gasteiger partial charge >= 0.3 is 0 Å². The van der Waals surface area contributed by atoms with E-state index in [2.05, 4.69) is 10.3 Å². The van der Waals surface area contributed by atoms with Crippen molar-refractivity contribution in [2.24, 2.45) is 0 Å². The molecule has 29 heavy (non-hydrogen) atoms. The van der Waals surface area contributed by atoms with Crippen molar-refractivity contribution in [2.45, 2.75) is 19.4 Å². The van der Waals surface area contributed by atoms with E-state index in [1.54, 1.807) is 18.2 Å². The number of amides is 1. The number of benzene rings is 3. The fraction of sp³-hybridized carbons (Fsp3) is 0.120. The van der Waals surface area contributed by atoms with Gasteiger partial charge in [-0.15, -0.1) is 0 Å². The van der Waals surface area contributed by atoms with Gasteiger partial charge in [0.25, 0.3) is 5.91 Å². The van der Waals surface area contributed by atoms with Crippen molar-refractivity contribution in [3.63, 3.8) is 0 Å². The highest BCUT2D eigenvalue weighted by atomic mass is 19.1. The monoisotopic (exact) mass is 384 g/mol. The molecule has 1 aromatic heterocycles. The molecule has 0 radical (unpaired) electrons. The maximum absolute atomic E-state index is 13.7. The average molecular weight is 384 g/mol. The second kappa shape index (κ2) is 8.23. The maximum Gasteiger partial charge on any atom is 0.252 e. The molecule has 4 heteroatoms. The Kier molecular flexibility index (Phi) is 5.34. The Balaban J connectivity index is 1.76. The van der Waals surface area contributed by atoms with Gasteiger partial charge in [-0.1, -0.05) is 67.6 Å². The standard InChI is InChI=1S/C25H21FN2O/c1-2-22(17-9-4-3-5-10-17)28-25(29)21-16-24(18-11-8-12-19(26)15-18)27-23-14-7-6-13-20(21)23/h3-16,22H,2H2,1H3,(H,28,29)/t22-/m0/s1. The van der Waals surface area contributed by atoms with Crippen LogP contribution in [0.15, 0.2) is 84.9 Å². The van der Waals surface area contributed by atoms with Crippen LogP contribution < -0.4 is 5.32 Å². The highest BCUT2D eigenvalue weighted by Crippen LogP contribution is 2.26. The first-order chi connectivity index (χ1) is 14.2. The molecule has 1 atom stereocenters. The van der Waals surface area contributed by atoms with Crippen molar-refractivity contribution in [3.05, 3.63) is 102 Å². The van der Waals surface area contributed by atoms with Crippen molar-refractivity contribution in [1.82, 2.24) is 10.3 Å². The van der Waals surface area contributed by atoms with Gasteiger partial charge in [0, 0.05) is 10.9 Å². The zero-order chi connectivity index (χ0) is 20.2. The van der Waals surface area contributed by atoms with Crippen molar-refractivity contribution < 1.29 is 9.18 Å². The summed E-state index contributed by atoms with van der Waals surface area (Å²) in [5, 5.41) is 3.91. The quantitative estimate of drug-likeness (QED) is 0.464. The number of hydrogen-bond donors (Lipinski definition) is 1. The third-order valence-corrected chi connectivity index (χ3v) is 5.00. The van der Waals surface area contributed by atoms with E-state index in [9.17, 15) is 9.18 Å². The van der Waals surface area contributed by atoms with Crippen LogP contribution in [0.2, 0.25) is 0 Å². The van der Waals surface area contributed by atoms with Crippen LogP contribution in [0.4, 0.5) is 4.39 Å². The molecule has 1 N–H and O–H groups in total. The van der Waals surface area contributed by atoms with Crippen molar-refractivity contribution in [3.8, 4) is 11.3 Å². The minimum atomic E-state index is -0.335. The molecule has 1 amide bonds. The summed E-state index contributed by atoms with van der Waals surface area (Å²) in [5.41, 5.74) is 3.50. The molecule has 0 saturated carbocycles. The molecule has 144 valence electrons. The Bertz CT molecular complexity index is 1160. The van der Waals surface area contributed by atoms with E-state index in [4.69, 9.17) is 0 Å². The van der Waals surface area contributed by atoms with E-state index in [1.807, 2.05) is 61.5 Å². The van der Waals surface area contributed by atoms with Crippen LogP contribution in [0.25, 0.3) is 22.2 Å². The maximum atomic E-state index is 13.7. The summed E-state index contributed by atoms with van der Waals surface area (Å²) >= 11 is 0. The van der Waals surface area contributed by atoms with E-state index in [-0.39, 0.29) is 17.8 Å². The second-order valence-electron chi connectivity index (χ2n) is 6.93. The van der Waals surface area contributed by atoms with Gasteiger partial charge in [-0.05, 0) is 36.2 Å². The summed E-state index contributed by atoms with van der Waals surface area (Å²) in [6, 6.07) is 25.3. The highest BCUT2D eigenvalue weighted by molar-refractivity contribution is 6.07. The van der Waals surface area contributed by atoms with Gasteiger partial charge in [-0.3, -0.25) is 4.79 Å². The van der Waals surface area contributed by atoms with E-state index >= 15 is 0 Å². The van der Waals surface area contributed by atoms with Crippen LogP contribution >= 0.6 is 0 Å². The predicted molar refractivity (Wildman–Crippen MR) is 114 cm³/mol. The van der Waals surface area contributed by atoms with Crippen LogP contribution in [-0.4, -0.2) is 10.9 Å². The Labute approximate surface area is 169 Å². The lowest BCUT2D eigenvalue weighted by atomic mass is 10.0. The summed E-state index contributed by atoms with van der Waals surface area (Å²) in [7, 11) is 0. The highest BCUT2D eigenvalue weighted by Gasteiger charge is 2.18. The molecule has 3 nitrogen and oxygen atoms in total. The first-order valence-electron chi connectivity index (χ1n) is 9.67. The molecule has 0 fully saturated rings. The lowest BCUT2D eigenvalue weighted by Crippen LogP contribution is -2.28. The van der Waals surface area contributed by atoms with E-state index < -0.39 is 0 Å². The molecular weight excluding hydrogens is 363 g/mol. The Morgan fingerprint density at radius 1 is 0.966 bits per heavy atom. The third-order valence-electron chi connectivity index (χ3n) is 5.00. The smallest absolute Gasteiger partial charge is 0.252 e. The topological polar surface area (TPSA) is 42.0 Å². The molecule has 0 aliphatic heterocycles. The molecule has 0 aliphatic carbocycles. The number of carbonyl (C=O) groups is 1. The molecule has 0 spiro atoms. The Morgan fingerprint density at radius 2 is 1.72 bits per heavy atom. The number of para-hydroxylation sites is 1. The second-order valence-corrected chi connectivity index (χ2v) is 6.93. The van der Waals surface area contributed by atoms with Crippen LogP contribution in [-0.2, 0) is 0 Å². The van der Waals surface area contributed by atoms with Gasteiger partial charge in [0.05, 0.1) is 22.8 Å². The van der Waals surface area contributed by atoms with Crippen LogP contribution in [0.3, 0.4) is 0 Å². The first kappa shape index (κ1) is 18.8. The number of rotatable bonds is 5. The number of carbonyl (C=O) groups excluding carboxylic acids is 1. The SMILES string of the molecule is CC[C@H](NC(=O)c1cc(-c2cccc(F)c2)nc2ccccc12)c1ccccc1. The number of nitrogens with one attached hydrogen (secondary N) is 1. The number of aromatic nitrogens is 1. The van der Waals surface area contributed by atoms with Gasteiger partial charge in [0.15, 0.2) is 0 Å². The molecular formula is C25H21FN2O. The summed E-state index contributed by atoms with van der Waals surface area (Å²) in [6.07, 6.45) is 0.773. The number of nitrogens with zero attached hydrogens (tertiary/aromatic N) is 1. The van der Waals surface area contributed by atoms with E-state index in [1.165, 1.54) is 12.1 Å². The van der Waals surface area contributed by atoms with Crippen LogP contribution in [0, 0.1) is 5.82 Å². The minimum Gasteiger partial charge on any atom is -0.345 e. The van der Waals surface area contributed by atoms with Crippen molar-refractivity contribution in [1.29, 1.82) is 0 Å². The zero-order valence-electron chi connectivity index (χ0n) is 16.1. The van der Waals surface area contributed by atoms with Crippen LogP contribution in [0.1, 0.15) is 35.3 Å². The van der Waals surface area contributed by atoms with Gasteiger partial charge in [-0.25, -0.2) is 9.37 Å². The number of fused-ring (bicyclic) bond motifs is 1. The van der Waals surface area contributed by atoms with Gasteiger partial charge in [0.1, 0.15) is 5.82 Å². The Hall–Kier alpha value is -3.53. The number of hydrogen-bond acceptors (Lipinski definition) is 2. The predicted octanol–water partition coefficient (Wildman–Crippen LogP) is 5.92. The minimum absolute atomic E-state index is 0.0896. The molecule has 0 aliphatic rings. The number of halogens is 1. The molecule has 4 aromatic rings. The zero-order valence-corrected chi connectivity index (χ0v) is 16.1. The van der Waals surface area contributed by atoms with Crippen molar-refractivity contribution >= 4 is 16.8 Å².